The molecule has 0 bridgehead atoms. The molecule has 1 amide bonds. The number of amides is 1. The molecule has 0 unspecified atom stereocenters. The van der Waals surface area contributed by atoms with Gasteiger partial charge in [0.05, 0.1) is 34.6 Å². The van der Waals surface area contributed by atoms with Gasteiger partial charge in [0.2, 0.25) is 5.91 Å². The Balaban J connectivity index is 1.44. The summed E-state index contributed by atoms with van der Waals surface area (Å²) in [7, 11) is 1.53. The van der Waals surface area contributed by atoms with Crippen molar-refractivity contribution in [2.75, 3.05) is 26.7 Å². The third-order valence-corrected chi connectivity index (χ3v) is 7.72. The SMILES string of the molecule is COc1ccc2ncc(Cl)c([C@H](F)CCC3(C(=O)NO)CCN(CC#Cc4ccc(F)cc4Cl)CC3)c2c1. The van der Waals surface area contributed by atoms with E-state index in [0.717, 1.165) is 0 Å². The Bertz CT molecular complexity index is 1380. The number of piperidine rings is 1. The second-order valence-corrected chi connectivity index (χ2v) is 10.1. The van der Waals surface area contributed by atoms with E-state index in [9.17, 15) is 14.4 Å². The van der Waals surface area contributed by atoms with Crippen LogP contribution >= 0.6 is 23.2 Å². The fourth-order valence-corrected chi connectivity index (χ4v) is 5.33. The monoisotopic (exact) mass is 561 g/mol. The first-order valence-electron chi connectivity index (χ1n) is 12.1. The Morgan fingerprint density at radius 2 is 2.00 bits per heavy atom. The van der Waals surface area contributed by atoms with Crippen LogP contribution in [0.4, 0.5) is 8.78 Å². The summed E-state index contributed by atoms with van der Waals surface area (Å²) in [4.78, 5) is 19.1. The molecular weight excluding hydrogens is 535 g/mol. The first-order chi connectivity index (χ1) is 18.3. The van der Waals surface area contributed by atoms with Crippen molar-refractivity contribution >= 4 is 40.0 Å². The summed E-state index contributed by atoms with van der Waals surface area (Å²) in [5.41, 5.74) is 2.28. The number of methoxy groups -OCH3 is 1. The Labute approximate surface area is 229 Å². The lowest BCUT2D eigenvalue weighted by Gasteiger charge is -2.40. The number of hydrogen-bond acceptors (Lipinski definition) is 5. The number of benzene rings is 2. The van der Waals surface area contributed by atoms with E-state index in [1.807, 2.05) is 0 Å². The zero-order valence-electron chi connectivity index (χ0n) is 20.7. The van der Waals surface area contributed by atoms with Crippen LogP contribution in [0.2, 0.25) is 10.0 Å². The minimum absolute atomic E-state index is 0.0341. The number of nitrogens with zero attached hydrogens (tertiary/aromatic N) is 2. The van der Waals surface area contributed by atoms with Crippen molar-refractivity contribution in [1.82, 2.24) is 15.4 Å². The average molecular weight is 562 g/mol. The van der Waals surface area contributed by atoms with Gasteiger partial charge in [-0.05, 0) is 62.1 Å². The molecule has 1 atom stereocenters. The highest BCUT2D eigenvalue weighted by atomic mass is 35.5. The lowest BCUT2D eigenvalue weighted by Crippen LogP contribution is -2.48. The fraction of sp³-hybridized carbons (Fsp3) is 0.357. The van der Waals surface area contributed by atoms with Gasteiger partial charge in [0.15, 0.2) is 0 Å². The Hall–Kier alpha value is -2.96. The number of rotatable bonds is 7. The van der Waals surface area contributed by atoms with Crippen LogP contribution in [0.1, 0.15) is 43.0 Å². The van der Waals surface area contributed by atoms with Crippen LogP contribution < -0.4 is 10.2 Å². The lowest BCUT2D eigenvalue weighted by atomic mass is 9.73. The van der Waals surface area contributed by atoms with Gasteiger partial charge in [-0.15, -0.1) is 0 Å². The molecule has 0 spiro atoms. The van der Waals surface area contributed by atoms with Crippen LogP contribution in [0.25, 0.3) is 10.9 Å². The summed E-state index contributed by atoms with van der Waals surface area (Å²) < 4.78 is 34.2. The number of fused-ring (bicyclic) bond motifs is 1. The largest absolute Gasteiger partial charge is 0.497 e. The van der Waals surface area contributed by atoms with Crippen LogP contribution in [-0.2, 0) is 4.79 Å². The van der Waals surface area contributed by atoms with E-state index >= 15 is 4.39 Å². The van der Waals surface area contributed by atoms with E-state index in [4.69, 9.17) is 27.9 Å². The smallest absolute Gasteiger partial charge is 0.249 e. The number of hydroxylamine groups is 1. The summed E-state index contributed by atoms with van der Waals surface area (Å²) in [5.74, 6) is 5.58. The van der Waals surface area contributed by atoms with Gasteiger partial charge < -0.3 is 4.74 Å². The molecule has 1 aromatic heterocycles. The maximum Gasteiger partial charge on any atom is 0.249 e. The van der Waals surface area contributed by atoms with Gasteiger partial charge >= 0.3 is 0 Å². The first-order valence-corrected chi connectivity index (χ1v) is 12.9. The molecule has 0 saturated carbocycles. The standard InChI is InChI=1S/C28H27Cl2F2N3O3/c1-38-20-6-7-25-21(16-20)26(23(30)17-33-25)24(32)8-9-28(27(36)34-37)10-13-35(14-11-28)12-2-3-18-4-5-19(31)15-22(18)29/h4-7,15-17,24,37H,8-14H2,1H3,(H,34,36)/t24-/m1/s1. The third kappa shape index (κ3) is 6.19. The Morgan fingerprint density at radius 1 is 1.24 bits per heavy atom. The molecule has 3 aromatic rings. The minimum Gasteiger partial charge on any atom is -0.497 e. The van der Waals surface area contributed by atoms with E-state index in [2.05, 4.69) is 21.7 Å². The molecule has 2 N–H and O–H groups in total. The molecule has 1 fully saturated rings. The molecule has 2 aromatic carbocycles. The summed E-state index contributed by atoms with van der Waals surface area (Å²) in [6, 6.07) is 9.22. The number of alkyl halides is 1. The normalized spacial score (nSPS) is 15.9. The van der Waals surface area contributed by atoms with Gasteiger partial charge in [-0.2, -0.15) is 0 Å². The highest BCUT2D eigenvalue weighted by Crippen LogP contribution is 2.42. The summed E-state index contributed by atoms with van der Waals surface area (Å²) in [6.07, 6.45) is 1.07. The number of carbonyl (C=O) groups excluding carboxylic acids is 1. The molecule has 1 aliphatic rings. The van der Waals surface area contributed by atoms with E-state index < -0.39 is 23.3 Å². The predicted molar refractivity (Wildman–Crippen MR) is 143 cm³/mol. The van der Waals surface area contributed by atoms with E-state index in [1.165, 1.54) is 31.5 Å². The Morgan fingerprint density at radius 3 is 2.68 bits per heavy atom. The van der Waals surface area contributed by atoms with Crippen molar-refractivity contribution in [3.63, 3.8) is 0 Å². The molecule has 4 rings (SSSR count). The molecule has 0 aliphatic carbocycles. The predicted octanol–water partition coefficient (Wildman–Crippen LogP) is 6.12. The van der Waals surface area contributed by atoms with Gasteiger partial charge in [0.1, 0.15) is 17.7 Å². The number of likely N-dealkylation sites (tertiary alicyclic amines) is 1. The second-order valence-electron chi connectivity index (χ2n) is 9.33. The van der Waals surface area contributed by atoms with Gasteiger partial charge in [-0.25, -0.2) is 14.3 Å². The van der Waals surface area contributed by atoms with E-state index in [-0.39, 0.29) is 22.9 Å². The minimum atomic E-state index is -1.45. The number of pyridine rings is 1. The van der Waals surface area contributed by atoms with Crippen molar-refractivity contribution in [2.24, 2.45) is 5.41 Å². The van der Waals surface area contributed by atoms with Crippen LogP contribution in [0.5, 0.6) is 5.75 Å². The lowest BCUT2D eigenvalue weighted by molar-refractivity contribution is -0.143. The summed E-state index contributed by atoms with van der Waals surface area (Å²) in [6.45, 7) is 1.50. The van der Waals surface area contributed by atoms with Crippen molar-refractivity contribution in [1.29, 1.82) is 0 Å². The zero-order valence-corrected chi connectivity index (χ0v) is 22.3. The molecule has 1 saturated heterocycles. The van der Waals surface area contributed by atoms with Crippen LogP contribution in [0, 0.1) is 23.1 Å². The number of ether oxygens (including phenoxy) is 1. The Kier molecular flexibility index (Phi) is 9.06. The van der Waals surface area contributed by atoms with Crippen molar-refractivity contribution < 1.29 is 23.5 Å². The molecule has 200 valence electrons. The zero-order chi connectivity index (χ0) is 27.3. The second kappa shape index (κ2) is 12.3. The average Bonchev–Trinajstić information content (AvgIpc) is 2.92. The van der Waals surface area contributed by atoms with Gasteiger partial charge in [-0.1, -0.05) is 35.0 Å². The van der Waals surface area contributed by atoms with Gasteiger partial charge in [-0.3, -0.25) is 19.9 Å². The number of hydrogen-bond donors (Lipinski definition) is 2. The van der Waals surface area contributed by atoms with E-state index in [0.29, 0.717) is 60.3 Å². The molecule has 6 nitrogen and oxygen atoms in total. The number of carbonyl (C=O) groups is 1. The molecule has 2 heterocycles. The summed E-state index contributed by atoms with van der Waals surface area (Å²) in [5, 5.41) is 10.4. The van der Waals surface area contributed by atoms with Crippen molar-refractivity contribution in [3.8, 4) is 17.6 Å². The van der Waals surface area contributed by atoms with Gasteiger partial charge in [0.25, 0.3) is 0 Å². The van der Waals surface area contributed by atoms with Crippen LogP contribution in [-0.4, -0.2) is 47.7 Å². The molecule has 10 heteroatoms. The number of nitrogens with one attached hydrogen (secondary N) is 1. The number of aromatic nitrogens is 1. The molecule has 0 radical (unpaired) electrons. The number of halogens is 4. The van der Waals surface area contributed by atoms with Crippen LogP contribution in [0.15, 0.2) is 42.6 Å². The first kappa shape index (κ1) is 28.1. The van der Waals surface area contributed by atoms with Crippen molar-refractivity contribution in [2.45, 2.75) is 31.9 Å². The highest BCUT2D eigenvalue weighted by Gasteiger charge is 2.41. The van der Waals surface area contributed by atoms with E-state index in [1.54, 1.807) is 23.7 Å². The van der Waals surface area contributed by atoms with Crippen molar-refractivity contribution in [3.05, 3.63) is 69.6 Å². The third-order valence-electron chi connectivity index (χ3n) is 7.11. The molecular formula is C28H27Cl2F2N3O3. The van der Waals surface area contributed by atoms with Gasteiger partial charge in [0, 0.05) is 35.8 Å². The fourth-order valence-electron chi connectivity index (χ4n) is 4.85. The molecule has 38 heavy (non-hydrogen) atoms. The quantitative estimate of drug-likeness (QED) is 0.206. The topological polar surface area (TPSA) is 74.7 Å². The molecule has 1 aliphatic heterocycles. The maximum atomic E-state index is 15.7. The summed E-state index contributed by atoms with van der Waals surface area (Å²) >= 11 is 12.4. The maximum absolute atomic E-state index is 15.7. The highest BCUT2D eigenvalue weighted by molar-refractivity contribution is 6.32. The van der Waals surface area contributed by atoms with Crippen LogP contribution in [0.3, 0.4) is 0 Å².